The lowest BCUT2D eigenvalue weighted by molar-refractivity contribution is -0.888. The maximum atomic E-state index is 10.9. The van der Waals surface area contributed by atoms with Crippen LogP contribution in [0.4, 0.5) is 0 Å². The number of nitrogens with zero attached hydrogens (tertiary/aromatic N) is 2. The Kier molecular flexibility index (Phi) is 7.14. The highest BCUT2D eigenvalue weighted by molar-refractivity contribution is 5.86. The molecule has 0 saturated carbocycles. The molecule has 0 rings (SSSR count). The summed E-state index contributed by atoms with van der Waals surface area (Å²) in [5.41, 5.74) is 0.443. The number of hydrogen-bond donors (Lipinski definition) is 0. The highest BCUT2D eigenvalue weighted by Crippen LogP contribution is 1.96. The second-order valence-corrected chi connectivity index (χ2v) is 3.86. The molecule has 7 nitrogen and oxygen atoms in total. The molecule has 0 aromatic heterocycles. The van der Waals surface area contributed by atoms with E-state index in [4.69, 9.17) is 20.1 Å². The van der Waals surface area contributed by atoms with E-state index in [2.05, 4.69) is 6.58 Å². The van der Waals surface area contributed by atoms with Crippen molar-refractivity contribution >= 4 is 5.97 Å². The lowest BCUT2D eigenvalue weighted by atomic mass is 10.4. The molecule has 0 spiro atoms. The van der Waals surface area contributed by atoms with Gasteiger partial charge in [-0.25, -0.2) is 4.79 Å². The quantitative estimate of drug-likeness (QED) is 0.173. The van der Waals surface area contributed by atoms with Gasteiger partial charge in [0.25, 0.3) is 0 Å². The van der Waals surface area contributed by atoms with Crippen molar-refractivity contribution in [1.29, 1.82) is 0 Å². The summed E-state index contributed by atoms with van der Waals surface area (Å²) in [6.07, 6.45) is 0. The van der Waals surface area contributed by atoms with E-state index in [-0.39, 0.29) is 5.97 Å². The fraction of sp³-hybridized carbons (Fsp3) is 0.625. The molecule has 0 fully saturated rings. The normalized spacial score (nSPS) is 9.60. The standard InChI is InChI=1S/C8H16NO2.NO3/c1-7(2)8(10)11-6-9(3,4)5;2-1(3)4/h1,6H2,2-5H3;/q+1;-1. The number of ether oxygens (including phenoxy) is 1. The molecule has 88 valence electrons. The summed E-state index contributed by atoms with van der Waals surface area (Å²) < 4.78 is 5.51. The summed E-state index contributed by atoms with van der Waals surface area (Å²) in [6, 6.07) is 0. The predicted molar refractivity (Wildman–Crippen MR) is 54.2 cm³/mol. The van der Waals surface area contributed by atoms with Gasteiger partial charge in [0, 0.05) is 5.57 Å². The SMILES string of the molecule is C=C(C)C(=O)OC[N+](C)(C)C.O=[N+]([O-])[O-]. The second kappa shape index (κ2) is 6.77. The smallest absolute Gasteiger partial charge is 0.337 e. The van der Waals surface area contributed by atoms with Gasteiger partial charge in [-0.05, 0) is 6.92 Å². The Morgan fingerprint density at radius 2 is 1.73 bits per heavy atom. The lowest BCUT2D eigenvalue weighted by Crippen LogP contribution is -2.37. The van der Waals surface area contributed by atoms with Crippen LogP contribution in [0.5, 0.6) is 0 Å². The summed E-state index contributed by atoms with van der Waals surface area (Å²) in [5.74, 6) is -0.321. The van der Waals surface area contributed by atoms with E-state index >= 15 is 0 Å². The van der Waals surface area contributed by atoms with Crippen LogP contribution >= 0.6 is 0 Å². The second-order valence-electron chi connectivity index (χ2n) is 3.86. The summed E-state index contributed by atoms with van der Waals surface area (Å²) in [7, 11) is 5.85. The van der Waals surface area contributed by atoms with E-state index in [0.717, 1.165) is 0 Å². The maximum absolute atomic E-state index is 10.9. The van der Waals surface area contributed by atoms with Gasteiger partial charge in [0.1, 0.15) is 0 Å². The van der Waals surface area contributed by atoms with E-state index in [1.54, 1.807) is 6.92 Å². The van der Waals surface area contributed by atoms with E-state index < -0.39 is 5.09 Å². The van der Waals surface area contributed by atoms with Crippen molar-refractivity contribution < 1.29 is 19.1 Å². The Morgan fingerprint density at radius 3 is 1.93 bits per heavy atom. The van der Waals surface area contributed by atoms with E-state index in [9.17, 15) is 4.79 Å². The van der Waals surface area contributed by atoms with Gasteiger partial charge in [0.2, 0.25) is 6.73 Å². The zero-order valence-corrected chi connectivity index (χ0v) is 9.35. The van der Waals surface area contributed by atoms with Gasteiger partial charge in [-0.15, -0.1) is 0 Å². The van der Waals surface area contributed by atoms with Crippen LogP contribution in [0, 0.1) is 15.3 Å². The molecule has 0 unspecified atom stereocenters. The van der Waals surface area contributed by atoms with Gasteiger partial charge >= 0.3 is 5.97 Å². The van der Waals surface area contributed by atoms with Gasteiger partial charge in [0.15, 0.2) is 0 Å². The molecule has 0 bridgehead atoms. The number of carbonyl (C=O) groups excluding carboxylic acids is 1. The first-order valence-electron chi connectivity index (χ1n) is 4.01. The average molecular weight is 220 g/mol. The molecule has 7 heteroatoms. The number of hydrogen-bond acceptors (Lipinski definition) is 5. The molecule has 0 amide bonds. The van der Waals surface area contributed by atoms with Crippen molar-refractivity contribution in [3.8, 4) is 0 Å². The third-order valence-electron chi connectivity index (χ3n) is 0.931. The highest BCUT2D eigenvalue weighted by Gasteiger charge is 2.10. The minimum absolute atomic E-state index is 0.321. The van der Waals surface area contributed by atoms with Crippen molar-refractivity contribution in [3.05, 3.63) is 27.5 Å². The Hall–Kier alpha value is -1.63. The van der Waals surface area contributed by atoms with Crippen molar-refractivity contribution in [2.24, 2.45) is 0 Å². The van der Waals surface area contributed by atoms with Gasteiger partial charge in [-0.2, -0.15) is 0 Å². The minimum atomic E-state index is -1.75. The summed E-state index contributed by atoms with van der Waals surface area (Å²) in [4.78, 5) is 19.1. The first-order chi connectivity index (χ1) is 6.56. The lowest BCUT2D eigenvalue weighted by Gasteiger charge is -2.22. The number of carbonyl (C=O) groups is 1. The van der Waals surface area contributed by atoms with Crippen LogP contribution in [0.2, 0.25) is 0 Å². The maximum Gasteiger partial charge on any atom is 0.337 e. The number of quaternary nitrogens is 1. The monoisotopic (exact) mass is 220 g/mol. The van der Waals surface area contributed by atoms with E-state index in [1.807, 2.05) is 21.1 Å². The third kappa shape index (κ3) is 19.0. The largest absolute Gasteiger partial charge is 0.412 e. The molecule has 0 radical (unpaired) electrons. The van der Waals surface area contributed by atoms with Gasteiger partial charge in [-0.1, -0.05) is 6.58 Å². The molecule has 15 heavy (non-hydrogen) atoms. The molecule has 0 aromatic carbocycles. The third-order valence-corrected chi connectivity index (χ3v) is 0.931. The van der Waals surface area contributed by atoms with Crippen LogP contribution in [0.1, 0.15) is 6.92 Å². The fourth-order valence-electron chi connectivity index (χ4n) is 0.375. The Morgan fingerprint density at radius 1 is 1.40 bits per heavy atom. The van der Waals surface area contributed by atoms with Crippen LogP contribution in [0.15, 0.2) is 12.2 Å². The summed E-state index contributed by atoms with van der Waals surface area (Å²) in [5, 5.41) is 14.8. The van der Waals surface area contributed by atoms with Crippen LogP contribution in [-0.2, 0) is 9.53 Å². The predicted octanol–water partition coefficient (Wildman–Crippen LogP) is 0.530. The topological polar surface area (TPSA) is 92.5 Å². The van der Waals surface area contributed by atoms with Crippen LogP contribution < -0.4 is 0 Å². The molecule has 0 saturated heterocycles. The summed E-state index contributed by atoms with van der Waals surface area (Å²) in [6.45, 7) is 5.49. The van der Waals surface area contributed by atoms with Crippen LogP contribution in [0.25, 0.3) is 0 Å². The zero-order valence-electron chi connectivity index (χ0n) is 9.35. The Labute approximate surface area is 88.3 Å². The minimum Gasteiger partial charge on any atom is -0.412 e. The average Bonchev–Trinajstić information content (AvgIpc) is 1.97. The highest BCUT2D eigenvalue weighted by atomic mass is 16.9. The molecule has 0 aliphatic heterocycles. The summed E-state index contributed by atoms with van der Waals surface area (Å²) >= 11 is 0. The van der Waals surface area contributed by atoms with Crippen molar-refractivity contribution in [3.63, 3.8) is 0 Å². The fourth-order valence-corrected chi connectivity index (χ4v) is 0.375. The van der Waals surface area contributed by atoms with Gasteiger partial charge in [-0.3, -0.25) is 4.48 Å². The first-order valence-corrected chi connectivity index (χ1v) is 4.01. The van der Waals surface area contributed by atoms with E-state index in [0.29, 0.717) is 16.8 Å². The Bertz CT molecular complexity index is 240. The van der Waals surface area contributed by atoms with Crippen LogP contribution in [0.3, 0.4) is 0 Å². The number of rotatable bonds is 3. The van der Waals surface area contributed by atoms with Gasteiger partial charge in [0.05, 0.1) is 26.2 Å². The van der Waals surface area contributed by atoms with Crippen molar-refractivity contribution in [2.75, 3.05) is 27.9 Å². The zero-order chi connectivity index (χ0) is 12.6. The molecular formula is C8H16N2O5. The van der Waals surface area contributed by atoms with Crippen molar-refractivity contribution in [2.45, 2.75) is 6.92 Å². The first kappa shape index (κ1) is 15.8. The molecule has 0 heterocycles. The van der Waals surface area contributed by atoms with Crippen LogP contribution in [-0.4, -0.2) is 43.4 Å². The molecule has 0 aromatic rings. The molecule has 0 aliphatic carbocycles. The molecule has 0 N–H and O–H groups in total. The Balaban J connectivity index is 0. The van der Waals surface area contributed by atoms with E-state index in [1.165, 1.54) is 0 Å². The molecule has 0 atom stereocenters. The van der Waals surface area contributed by atoms with Crippen molar-refractivity contribution in [1.82, 2.24) is 0 Å². The van der Waals surface area contributed by atoms with Gasteiger partial charge < -0.3 is 20.1 Å². The number of esters is 1. The molecule has 0 aliphatic rings. The molecular weight excluding hydrogens is 204 g/mol.